The average molecular weight is 226 g/mol. The standard InChI is InChI=1S/C14H28NO/c1-4-5-6-7-8-9-10-11-15(2,3)12-14-13-16-14/h10-11,14H,4-9,12-13H2,1-3H3/q+1/b11-10+. The minimum Gasteiger partial charge on any atom is -0.367 e. The van der Waals surface area contributed by atoms with Crippen LogP contribution >= 0.6 is 0 Å². The van der Waals surface area contributed by atoms with Gasteiger partial charge in [0.1, 0.15) is 12.6 Å². The predicted molar refractivity (Wildman–Crippen MR) is 69.2 cm³/mol. The molecule has 1 heterocycles. The quantitative estimate of drug-likeness (QED) is 0.334. The van der Waals surface area contributed by atoms with E-state index in [-0.39, 0.29) is 0 Å². The maximum Gasteiger partial charge on any atom is 0.130 e. The summed E-state index contributed by atoms with van der Waals surface area (Å²) in [7, 11) is 4.49. The number of likely N-dealkylation sites (N-methyl/N-ethyl adjacent to an activating group) is 1. The fourth-order valence-corrected chi connectivity index (χ4v) is 1.98. The molecule has 1 unspecified atom stereocenters. The molecule has 2 nitrogen and oxygen atoms in total. The van der Waals surface area contributed by atoms with Crippen LogP contribution in [0, 0.1) is 0 Å². The van der Waals surface area contributed by atoms with Crippen LogP contribution in [0.4, 0.5) is 0 Å². The Labute approximate surface area is 101 Å². The van der Waals surface area contributed by atoms with Gasteiger partial charge in [-0.3, -0.25) is 0 Å². The van der Waals surface area contributed by atoms with E-state index in [1.54, 1.807) is 0 Å². The molecule has 1 atom stereocenters. The third kappa shape index (κ3) is 7.02. The second-order valence-corrected chi connectivity index (χ2v) is 5.50. The van der Waals surface area contributed by atoms with E-state index in [1.165, 1.54) is 38.5 Å². The second-order valence-electron chi connectivity index (χ2n) is 5.50. The molecular formula is C14H28NO+. The van der Waals surface area contributed by atoms with Gasteiger partial charge >= 0.3 is 0 Å². The Morgan fingerprint density at radius 3 is 2.50 bits per heavy atom. The Hall–Kier alpha value is -0.340. The minimum atomic E-state index is 0.518. The van der Waals surface area contributed by atoms with Gasteiger partial charge in [0.05, 0.1) is 26.9 Å². The summed E-state index contributed by atoms with van der Waals surface area (Å²) in [5.74, 6) is 0. The Bertz CT molecular complexity index is 207. The molecule has 1 saturated heterocycles. The highest BCUT2D eigenvalue weighted by atomic mass is 16.6. The average Bonchev–Trinajstić information content (AvgIpc) is 2.99. The van der Waals surface area contributed by atoms with Gasteiger partial charge in [0.2, 0.25) is 0 Å². The first-order chi connectivity index (χ1) is 7.64. The van der Waals surface area contributed by atoms with E-state index in [9.17, 15) is 0 Å². The van der Waals surface area contributed by atoms with Crippen LogP contribution in [0.15, 0.2) is 12.3 Å². The van der Waals surface area contributed by atoms with Gasteiger partial charge in [-0.2, -0.15) is 0 Å². The number of hydrogen-bond donors (Lipinski definition) is 0. The van der Waals surface area contributed by atoms with Gasteiger partial charge in [0, 0.05) is 0 Å². The van der Waals surface area contributed by atoms with Crippen LogP contribution in [-0.4, -0.2) is 37.8 Å². The minimum absolute atomic E-state index is 0.518. The molecule has 0 bridgehead atoms. The topological polar surface area (TPSA) is 12.5 Å². The van der Waals surface area contributed by atoms with Gasteiger partial charge < -0.3 is 9.22 Å². The van der Waals surface area contributed by atoms with Crippen molar-refractivity contribution in [2.45, 2.75) is 51.6 Å². The smallest absolute Gasteiger partial charge is 0.130 e. The van der Waals surface area contributed by atoms with Crippen LogP contribution < -0.4 is 0 Å². The molecule has 0 spiro atoms. The highest BCUT2D eigenvalue weighted by Gasteiger charge is 2.30. The van der Waals surface area contributed by atoms with E-state index < -0.39 is 0 Å². The van der Waals surface area contributed by atoms with Gasteiger partial charge in [-0.15, -0.1) is 0 Å². The van der Waals surface area contributed by atoms with Crippen LogP contribution in [0.1, 0.15) is 45.4 Å². The van der Waals surface area contributed by atoms with Crippen molar-refractivity contribution in [3.05, 3.63) is 12.3 Å². The molecule has 94 valence electrons. The molecule has 1 fully saturated rings. The van der Waals surface area contributed by atoms with Crippen molar-refractivity contribution in [1.82, 2.24) is 0 Å². The first-order valence-corrected chi connectivity index (χ1v) is 6.76. The fraction of sp³-hybridized carbons (Fsp3) is 0.857. The van der Waals surface area contributed by atoms with E-state index in [4.69, 9.17) is 4.74 Å². The van der Waals surface area contributed by atoms with Crippen LogP contribution in [0.2, 0.25) is 0 Å². The molecule has 0 aromatic carbocycles. The zero-order valence-corrected chi connectivity index (χ0v) is 11.2. The number of epoxide rings is 1. The summed E-state index contributed by atoms with van der Waals surface area (Å²) < 4.78 is 6.22. The third-order valence-corrected chi connectivity index (χ3v) is 3.06. The maximum atomic E-state index is 5.27. The molecule has 2 heteroatoms. The molecule has 0 aliphatic carbocycles. The van der Waals surface area contributed by atoms with Gasteiger partial charge in [0.15, 0.2) is 0 Å². The summed E-state index contributed by atoms with van der Waals surface area (Å²) in [4.78, 5) is 0. The van der Waals surface area contributed by atoms with Crippen molar-refractivity contribution in [2.24, 2.45) is 0 Å². The molecule has 0 radical (unpaired) electrons. The largest absolute Gasteiger partial charge is 0.367 e. The van der Waals surface area contributed by atoms with E-state index in [0.29, 0.717) is 6.10 Å². The zero-order chi connectivity index (χ0) is 11.9. The van der Waals surface area contributed by atoms with Crippen LogP contribution in [0.5, 0.6) is 0 Å². The highest BCUT2D eigenvalue weighted by Crippen LogP contribution is 2.14. The van der Waals surface area contributed by atoms with Gasteiger partial charge in [-0.1, -0.05) is 32.6 Å². The number of rotatable bonds is 9. The number of nitrogens with zero attached hydrogens (tertiary/aromatic N) is 1. The monoisotopic (exact) mass is 226 g/mol. The van der Waals surface area contributed by atoms with Crippen LogP contribution in [0.3, 0.4) is 0 Å². The molecule has 0 N–H and O–H groups in total. The van der Waals surface area contributed by atoms with Gasteiger partial charge in [-0.05, 0) is 18.9 Å². The molecule has 0 aromatic rings. The number of allylic oxidation sites excluding steroid dienone is 1. The first kappa shape index (κ1) is 13.7. The van der Waals surface area contributed by atoms with Crippen LogP contribution in [-0.2, 0) is 4.74 Å². The van der Waals surface area contributed by atoms with Crippen LogP contribution in [0.25, 0.3) is 0 Å². The lowest BCUT2D eigenvalue weighted by Gasteiger charge is -2.23. The highest BCUT2D eigenvalue weighted by molar-refractivity contribution is 4.76. The number of hydrogen-bond acceptors (Lipinski definition) is 1. The normalized spacial score (nSPS) is 20.6. The Morgan fingerprint density at radius 1 is 1.19 bits per heavy atom. The Balaban J connectivity index is 2.01. The lowest BCUT2D eigenvalue weighted by Crippen LogP contribution is -2.36. The molecule has 0 amide bonds. The molecule has 1 aliphatic heterocycles. The Morgan fingerprint density at radius 2 is 1.88 bits per heavy atom. The second kappa shape index (κ2) is 7.08. The van der Waals surface area contributed by atoms with Crippen molar-refractivity contribution in [3.63, 3.8) is 0 Å². The summed E-state index contributed by atoms with van der Waals surface area (Å²) in [6.45, 7) is 4.35. The van der Waals surface area contributed by atoms with Crippen molar-refractivity contribution in [3.8, 4) is 0 Å². The van der Waals surface area contributed by atoms with Gasteiger partial charge in [-0.25, -0.2) is 0 Å². The SMILES string of the molecule is CCCCCCC/C=C/[N+](C)(C)CC1CO1. The van der Waals surface area contributed by atoms with E-state index >= 15 is 0 Å². The van der Waals surface area contributed by atoms with Crippen molar-refractivity contribution in [1.29, 1.82) is 0 Å². The summed E-state index contributed by atoms with van der Waals surface area (Å²) in [5, 5.41) is 0. The summed E-state index contributed by atoms with van der Waals surface area (Å²) in [6, 6.07) is 0. The van der Waals surface area contributed by atoms with Crippen molar-refractivity contribution in [2.75, 3.05) is 27.2 Å². The third-order valence-electron chi connectivity index (χ3n) is 3.06. The maximum absolute atomic E-state index is 5.27. The predicted octanol–water partition coefficient (Wildman–Crippen LogP) is 3.34. The first-order valence-electron chi connectivity index (χ1n) is 6.76. The van der Waals surface area contributed by atoms with Crippen molar-refractivity contribution < 1.29 is 9.22 Å². The van der Waals surface area contributed by atoms with E-state index in [1.807, 2.05) is 0 Å². The number of quaternary nitrogens is 1. The molecule has 1 aliphatic rings. The lowest BCUT2D eigenvalue weighted by atomic mass is 10.1. The molecule has 16 heavy (non-hydrogen) atoms. The molecule has 1 rings (SSSR count). The van der Waals surface area contributed by atoms with E-state index in [0.717, 1.165) is 17.6 Å². The molecule has 0 saturated carbocycles. The zero-order valence-electron chi connectivity index (χ0n) is 11.2. The lowest BCUT2D eigenvalue weighted by molar-refractivity contribution is -0.839. The Kier molecular flexibility index (Phi) is 6.07. The van der Waals surface area contributed by atoms with E-state index in [2.05, 4.69) is 33.3 Å². The summed E-state index contributed by atoms with van der Waals surface area (Å²) in [5.41, 5.74) is 0. The summed E-state index contributed by atoms with van der Waals surface area (Å²) >= 11 is 0. The summed E-state index contributed by atoms with van der Waals surface area (Å²) in [6.07, 6.45) is 13.3. The fourth-order valence-electron chi connectivity index (χ4n) is 1.98. The van der Waals surface area contributed by atoms with Crippen molar-refractivity contribution >= 4 is 0 Å². The number of unbranched alkanes of at least 4 members (excludes halogenated alkanes) is 5. The molecule has 0 aromatic heterocycles. The molecular weight excluding hydrogens is 198 g/mol. The van der Waals surface area contributed by atoms with Gasteiger partial charge in [0.25, 0.3) is 0 Å². The number of ether oxygens (including phenoxy) is 1.